The molecule has 2 aromatic rings. The van der Waals surface area contributed by atoms with Crippen LogP contribution in [0.15, 0.2) is 24.5 Å². The highest BCUT2D eigenvalue weighted by Crippen LogP contribution is 2.36. The van der Waals surface area contributed by atoms with E-state index < -0.39 is 23.5 Å². The number of halogens is 6. The van der Waals surface area contributed by atoms with E-state index in [1.165, 1.54) is 6.92 Å². The van der Waals surface area contributed by atoms with Gasteiger partial charge < -0.3 is 0 Å². The SMILES string of the molecule is Cc1ncn(-c2cc(C(F)(F)F)cc(C(F)(F)F)c2)n1. The third-order valence-electron chi connectivity index (χ3n) is 2.44. The van der Waals surface area contributed by atoms with Crippen molar-refractivity contribution >= 4 is 0 Å². The van der Waals surface area contributed by atoms with Crippen molar-refractivity contribution in [3.8, 4) is 5.69 Å². The summed E-state index contributed by atoms with van der Waals surface area (Å²) in [6, 6.07) is 1.24. The molecule has 1 aromatic heterocycles. The van der Waals surface area contributed by atoms with Crippen molar-refractivity contribution in [1.82, 2.24) is 14.8 Å². The van der Waals surface area contributed by atoms with Gasteiger partial charge >= 0.3 is 12.4 Å². The van der Waals surface area contributed by atoms with Crippen LogP contribution in [0.25, 0.3) is 5.69 Å². The number of aromatic nitrogens is 3. The lowest BCUT2D eigenvalue weighted by Gasteiger charge is -2.13. The molecule has 0 N–H and O–H groups in total. The van der Waals surface area contributed by atoms with E-state index in [0.29, 0.717) is 12.1 Å². The van der Waals surface area contributed by atoms with E-state index in [0.717, 1.165) is 11.0 Å². The second-order valence-electron chi connectivity index (χ2n) is 4.00. The third kappa shape index (κ3) is 2.91. The van der Waals surface area contributed by atoms with Gasteiger partial charge in [-0.2, -0.15) is 31.4 Å². The molecule has 0 amide bonds. The van der Waals surface area contributed by atoms with Gasteiger partial charge in [0.25, 0.3) is 0 Å². The zero-order valence-corrected chi connectivity index (χ0v) is 9.92. The van der Waals surface area contributed by atoms with Gasteiger partial charge in [0.2, 0.25) is 0 Å². The van der Waals surface area contributed by atoms with Crippen molar-refractivity contribution in [2.45, 2.75) is 19.3 Å². The molecule has 0 spiro atoms. The maximum absolute atomic E-state index is 12.6. The van der Waals surface area contributed by atoms with Crippen LogP contribution in [-0.2, 0) is 12.4 Å². The van der Waals surface area contributed by atoms with Crippen molar-refractivity contribution in [2.75, 3.05) is 0 Å². The van der Waals surface area contributed by atoms with E-state index in [1.807, 2.05) is 0 Å². The summed E-state index contributed by atoms with van der Waals surface area (Å²) in [6.45, 7) is 1.47. The number of aryl methyl sites for hydroxylation is 1. The molecule has 108 valence electrons. The Bertz CT molecular complexity index is 594. The standard InChI is InChI=1S/C11H7F6N3/c1-6-18-5-20(19-6)9-3-7(10(12,13)14)2-8(4-9)11(15,16)17/h2-5H,1H3. The van der Waals surface area contributed by atoms with Crippen molar-refractivity contribution in [2.24, 2.45) is 0 Å². The van der Waals surface area contributed by atoms with Crippen LogP contribution < -0.4 is 0 Å². The lowest BCUT2D eigenvalue weighted by atomic mass is 10.1. The Morgan fingerprint density at radius 1 is 0.900 bits per heavy atom. The average Bonchev–Trinajstić information content (AvgIpc) is 2.73. The average molecular weight is 295 g/mol. The second-order valence-corrected chi connectivity index (χ2v) is 4.00. The highest BCUT2D eigenvalue weighted by molar-refractivity contribution is 5.41. The third-order valence-corrected chi connectivity index (χ3v) is 2.44. The van der Waals surface area contributed by atoms with Gasteiger partial charge in [-0.25, -0.2) is 9.67 Å². The molecule has 0 aliphatic rings. The predicted molar refractivity (Wildman–Crippen MR) is 56.1 cm³/mol. The van der Waals surface area contributed by atoms with Crippen LogP contribution in [0.3, 0.4) is 0 Å². The Hall–Kier alpha value is -2.06. The van der Waals surface area contributed by atoms with Gasteiger partial charge in [0.15, 0.2) is 0 Å². The fourth-order valence-electron chi connectivity index (χ4n) is 1.54. The highest BCUT2D eigenvalue weighted by atomic mass is 19.4. The number of rotatable bonds is 1. The van der Waals surface area contributed by atoms with Gasteiger partial charge in [-0.1, -0.05) is 0 Å². The van der Waals surface area contributed by atoms with E-state index in [-0.39, 0.29) is 17.6 Å². The van der Waals surface area contributed by atoms with E-state index in [1.54, 1.807) is 0 Å². The summed E-state index contributed by atoms with van der Waals surface area (Å²) < 4.78 is 76.7. The van der Waals surface area contributed by atoms with Crippen molar-refractivity contribution in [3.63, 3.8) is 0 Å². The topological polar surface area (TPSA) is 30.7 Å². The van der Waals surface area contributed by atoms with Gasteiger partial charge in [0.1, 0.15) is 12.2 Å². The molecule has 20 heavy (non-hydrogen) atoms. The fraction of sp³-hybridized carbons (Fsp3) is 0.273. The number of alkyl halides is 6. The number of nitrogens with zero attached hydrogens (tertiary/aromatic N) is 3. The fourth-order valence-corrected chi connectivity index (χ4v) is 1.54. The maximum Gasteiger partial charge on any atom is 0.416 e. The molecule has 0 unspecified atom stereocenters. The minimum absolute atomic E-state index is 0.0628. The van der Waals surface area contributed by atoms with Gasteiger partial charge in [-0.15, -0.1) is 0 Å². The lowest BCUT2D eigenvalue weighted by Crippen LogP contribution is -2.12. The summed E-state index contributed by atoms with van der Waals surface area (Å²) in [5, 5.41) is 3.70. The molecule has 1 aromatic carbocycles. The Morgan fingerprint density at radius 2 is 1.40 bits per heavy atom. The maximum atomic E-state index is 12.6. The van der Waals surface area contributed by atoms with Crippen LogP contribution in [0, 0.1) is 6.92 Å². The molecule has 0 saturated carbocycles. The van der Waals surface area contributed by atoms with E-state index >= 15 is 0 Å². The first-order valence-corrected chi connectivity index (χ1v) is 5.25. The first-order valence-electron chi connectivity index (χ1n) is 5.25. The smallest absolute Gasteiger partial charge is 0.221 e. The zero-order chi connectivity index (χ0) is 15.1. The van der Waals surface area contributed by atoms with E-state index in [9.17, 15) is 26.3 Å². The molecular weight excluding hydrogens is 288 g/mol. The Kier molecular flexibility index (Phi) is 3.23. The van der Waals surface area contributed by atoms with Crippen molar-refractivity contribution in [3.05, 3.63) is 41.5 Å². The Labute approximate surface area is 108 Å². The van der Waals surface area contributed by atoms with E-state index in [4.69, 9.17) is 0 Å². The number of benzene rings is 1. The van der Waals surface area contributed by atoms with Crippen molar-refractivity contribution < 1.29 is 26.3 Å². The Balaban J connectivity index is 2.63. The van der Waals surface area contributed by atoms with E-state index in [2.05, 4.69) is 10.1 Å². The van der Waals surface area contributed by atoms with Crippen molar-refractivity contribution in [1.29, 1.82) is 0 Å². The molecule has 1 heterocycles. The second kappa shape index (κ2) is 4.50. The monoisotopic (exact) mass is 295 g/mol. The molecule has 0 aliphatic heterocycles. The van der Waals surface area contributed by atoms with Crippen LogP contribution in [0.5, 0.6) is 0 Å². The highest BCUT2D eigenvalue weighted by Gasteiger charge is 2.37. The molecular formula is C11H7F6N3. The van der Waals surface area contributed by atoms with Gasteiger partial charge in [0.05, 0.1) is 16.8 Å². The summed E-state index contributed by atoms with van der Waals surface area (Å²) in [7, 11) is 0. The summed E-state index contributed by atoms with van der Waals surface area (Å²) in [6.07, 6.45) is -8.72. The predicted octanol–water partition coefficient (Wildman–Crippen LogP) is 3.61. The van der Waals surface area contributed by atoms with Crippen LogP contribution in [-0.4, -0.2) is 14.8 Å². The molecule has 2 rings (SSSR count). The summed E-state index contributed by atoms with van der Waals surface area (Å²) in [5.74, 6) is 0.232. The Morgan fingerprint density at radius 3 is 1.75 bits per heavy atom. The quantitative estimate of drug-likeness (QED) is 0.752. The largest absolute Gasteiger partial charge is 0.416 e. The first-order chi connectivity index (χ1) is 9.07. The number of hydrogen-bond donors (Lipinski definition) is 0. The van der Waals surface area contributed by atoms with Gasteiger partial charge in [-0.05, 0) is 25.1 Å². The molecule has 0 fully saturated rings. The summed E-state index contributed by atoms with van der Waals surface area (Å²) in [4.78, 5) is 3.67. The molecule has 3 nitrogen and oxygen atoms in total. The minimum Gasteiger partial charge on any atom is -0.221 e. The van der Waals surface area contributed by atoms with Gasteiger partial charge in [0, 0.05) is 0 Å². The van der Waals surface area contributed by atoms with Crippen LogP contribution in [0.1, 0.15) is 17.0 Å². The normalized spacial score (nSPS) is 12.8. The first kappa shape index (κ1) is 14.4. The van der Waals surface area contributed by atoms with Gasteiger partial charge in [-0.3, -0.25) is 0 Å². The minimum atomic E-state index is -4.88. The molecule has 0 atom stereocenters. The van der Waals surface area contributed by atoms with Crippen LogP contribution in [0.4, 0.5) is 26.3 Å². The molecule has 0 bridgehead atoms. The van der Waals surface area contributed by atoms with Crippen LogP contribution >= 0.6 is 0 Å². The number of hydrogen-bond acceptors (Lipinski definition) is 2. The summed E-state index contributed by atoms with van der Waals surface area (Å²) in [5.41, 5.74) is -3.14. The zero-order valence-electron chi connectivity index (χ0n) is 9.92. The molecule has 9 heteroatoms. The molecule has 0 saturated heterocycles. The lowest BCUT2D eigenvalue weighted by molar-refractivity contribution is -0.143. The molecule has 0 radical (unpaired) electrons. The molecule has 0 aliphatic carbocycles. The van der Waals surface area contributed by atoms with Crippen LogP contribution in [0.2, 0.25) is 0 Å². The summed E-state index contributed by atoms with van der Waals surface area (Å²) >= 11 is 0.